The van der Waals surface area contributed by atoms with E-state index < -0.39 is 0 Å². The van der Waals surface area contributed by atoms with Crippen LogP contribution < -0.4 is 4.74 Å². The highest BCUT2D eigenvalue weighted by molar-refractivity contribution is 5.97. The van der Waals surface area contributed by atoms with Gasteiger partial charge in [0.1, 0.15) is 11.6 Å². The highest BCUT2D eigenvalue weighted by Gasteiger charge is 2.08. The molecule has 2 aromatic rings. The zero-order valence-electron chi connectivity index (χ0n) is 10.9. The van der Waals surface area contributed by atoms with Crippen molar-refractivity contribution in [2.75, 3.05) is 6.61 Å². The van der Waals surface area contributed by atoms with Crippen LogP contribution in [0.15, 0.2) is 42.5 Å². The first-order chi connectivity index (χ1) is 9.60. The van der Waals surface area contributed by atoms with Crippen LogP contribution in [0, 0.1) is 24.1 Å². The fourth-order valence-electron chi connectivity index (χ4n) is 1.73. The van der Waals surface area contributed by atoms with Gasteiger partial charge in [0.25, 0.3) is 0 Å². The number of aryl methyl sites for hydroxylation is 1. The van der Waals surface area contributed by atoms with E-state index in [1.54, 1.807) is 31.2 Å². The van der Waals surface area contributed by atoms with Crippen LogP contribution in [-0.4, -0.2) is 12.4 Å². The number of nitriles is 1. The lowest BCUT2D eigenvalue weighted by atomic mass is 10.1. The summed E-state index contributed by atoms with van der Waals surface area (Å²) in [6.45, 7) is 1.59. The molecule has 0 N–H and O–H groups in total. The molecule has 0 unspecified atom stereocenters. The molecule has 0 aliphatic heterocycles. The molecule has 0 heterocycles. The molecule has 4 heteroatoms. The van der Waals surface area contributed by atoms with E-state index in [0.29, 0.717) is 22.4 Å². The summed E-state index contributed by atoms with van der Waals surface area (Å²) in [5.41, 5.74) is 1.61. The number of hydrogen-bond donors (Lipinski definition) is 0. The van der Waals surface area contributed by atoms with E-state index in [1.165, 1.54) is 18.2 Å². The molecule has 0 saturated carbocycles. The van der Waals surface area contributed by atoms with Crippen LogP contribution in [0.25, 0.3) is 0 Å². The van der Waals surface area contributed by atoms with Gasteiger partial charge in [-0.2, -0.15) is 5.26 Å². The first-order valence-electron chi connectivity index (χ1n) is 6.02. The monoisotopic (exact) mass is 269 g/mol. The summed E-state index contributed by atoms with van der Waals surface area (Å²) < 4.78 is 18.3. The Morgan fingerprint density at radius 3 is 2.55 bits per heavy atom. The van der Waals surface area contributed by atoms with E-state index >= 15 is 0 Å². The third-order valence-electron chi connectivity index (χ3n) is 2.83. The maximum atomic E-state index is 12.9. The van der Waals surface area contributed by atoms with Crippen LogP contribution >= 0.6 is 0 Å². The Balaban J connectivity index is 2.03. The van der Waals surface area contributed by atoms with Gasteiger partial charge in [-0.3, -0.25) is 4.79 Å². The topological polar surface area (TPSA) is 50.1 Å². The van der Waals surface area contributed by atoms with Crippen LogP contribution in [0.1, 0.15) is 21.5 Å². The summed E-state index contributed by atoms with van der Waals surface area (Å²) in [6.07, 6.45) is 0. The van der Waals surface area contributed by atoms with Crippen molar-refractivity contribution in [1.29, 1.82) is 5.26 Å². The Morgan fingerprint density at radius 2 is 1.95 bits per heavy atom. The maximum Gasteiger partial charge on any atom is 0.200 e. The number of halogens is 1. The number of benzene rings is 2. The molecule has 100 valence electrons. The number of nitrogens with zero attached hydrogens (tertiary/aromatic N) is 1. The summed E-state index contributed by atoms with van der Waals surface area (Å²) in [5.74, 6) is -0.0557. The van der Waals surface area contributed by atoms with Gasteiger partial charge in [-0.1, -0.05) is 0 Å². The van der Waals surface area contributed by atoms with Crippen LogP contribution in [0.4, 0.5) is 4.39 Å². The zero-order chi connectivity index (χ0) is 14.5. The summed E-state index contributed by atoms with van der Waals surface area (Å²) in [4.78, 5) is 11.9. The van der Waals surface area contributed by atoms with Gasteiger partial charge >= 0.3 is 0 Å². The van der Waals surface area contributed by atoms with Gasteiger partial charge in [0, 0.05) is 5.56 Å². The second kappa shape index (κ2) is 5.98. The van der Waals surface area contributed by atoms with Gasteiger partial charge in [-0.05, 0) is 55.0 Å². The van der Waals surface area contributed by atoms with Gasteiger partial charge in [-0.25, -0.2) is 4.39 Å². The van der Waals surface area contributed by atoms with E-state index in [-0.39, 0.29) is 18.2 Å². The minimum atomic E-state index is -0.340. The SMILES string of the molecule is Cc1cc(F)ccc1OCC(=O)c1ccc(C#N)cc1. The van der Waals surface area contributed by atoms with Crippen molar-refractivity contribution in [1.82, 2.24) is 0 Å². The first kappa shape index (κ1) is 13.8. The first-order valence-corrected chi connectivity index (χ1v) is 6.02. The van der Waals surface area contributed by atoms with Crippen molar-refractivity contribution in [3.8, 4) is 11.8 Å². The minimum absolute atomic E-state index is 0.127. The normalized spacial score (nSPS) is 9.85. The van der Waals surface area contributed by atoms with Crippen LogP contribution in [0.2, 0.25) is 0 Å². The van der Waals surface area contributed by atoms with Crippen molar-refractivity contribution >= 4 is 5.78 Å². The Kier molecular flexibility index (Phi) is 4.11. The summed E-state index contributed by atoms with van der Waals surface area (Å²) >= 11 is 0. The average Bonchev–Trinajstić information content (AvgIpc) is 2.46. The lowest BCUT2D eigenvalue weighted by molar-refractivity contribution is 0.0921. The number of rotatable bonds is 4. The Bertz CT molecular complexity index is 672. The van der Waals surface area contributed by atoms with E-state index in [4.69, 9.17) is 10.00 Å². The lowest BCUT2D eigenvalue weighted by Gasteiger charge is -2.08. The molecule has 2 aromatic carbocycles. The Hall–Kier alpha value is -2.67. The minimum Gasteiger partial charge on any atom is -0.485 e. The van der Waals surface area contributed by atoms with Crippen molar-refractivity contribution in [3.05, 3.63) is 65.0 Å². The molecule has 2 rings (SSSR count). The molecule has 0 radical (unpaired) electrons. The van der Waals surface area contributed by atoms with E-state index in [0.717, 1.165) is 0 Å². The van der Waals surface area contributed by atoms with Crippen molar-refractivity contribution in [2.45, 2.75) is 6.92 Å². The van der Waals surface area contributed by atoms with Gasteiger partial charge in [0.05, 0.1) is 11.6 Å². The number of carbonyl (C=O) groups is 1. The number of Topliss-reactive ketones (excluding diaryl/α,β-unsaturated/α-hetero) is 1. The van der Waals surface area contributed by atoms with Crippen LogP contribution in [0.3, 0.4) is 0 Å². The molecule has 0 aliphatic carbocycles. The molecular weight excluding hydrogens is 257 g/mol. The van der Waals surface area contributed by atoms with Crippen molar-refractivity contribution in [3.63, 3.8) is 0 Å². The fourth-order valence-corrected chi connectivity index (χ4v) is 1.73. The van der Waals surface area contributed by atoms with E-state index in [2.05, 4.69) is 0 Å². The number of ketones is 1. The molecule has 0 atom stereocenters. The highest BCUT2D eigenvalue weighted by Crippen LogP contribution is 2.18. The molecule has 0 saturated heterocycles. The smallest absolute Gasteiger partial charge is 0.200 e. The second-order valence-electron chi connectivity index (χ2n) is 4.31. The molecule has 0 spiro atoms. The number of hydrogen-bond acceptors (Lipinski definition) is 3. The quantitative estimate of drug-likeness (QED) is 0.800. The maximum absolute atomic E-state index is 12.9. The van der Waals surface area contributed by atoms with Crippen molar-refractivity contribution in [2.24, 2.45) is 0 Å². The number of carbonyl (C=O) groups excluding carboxylic acids is 1. The van der Waals surface area contributed by atoms with Gasteiger partial charge in [0.2, 0.25) is 0 Å². The number of ether oxygens (including phenoxy) is 1. The molecule has 0 aliphatic rings. The fraction of sp³-hybridized carbons (Fsp3) is 0.125. The predicted octanol–water partition coefficient (Wildman–Crippen LogP) is 3.27. The van der Waals surface area contributed by atoms with Gasteiger partial charge in [0.15, 0.2) is 12.4 Å². The largest absolute Gasteiger partial charge is 0.485 e. The van der Waals surface area contributed by atoms with Gasteiger partial charge < -0.3 is 4.74 Å². The molecule has 0 amide bonds. The standard InChI is InChI=1S/C16H12FNO2/c1-11-8-14(17)6-7-16(11)20-10-15(19)13-4-2-12(9-18)3-5-13/h2-8H,10H2,1H3. The molecule has 0 bridgehead atoms. The van der Waals surface area contributed by atoms with E-state index in [1.807, 2.05) is 6.07 Å². The van der Waals surface area contributed by atoms with Crippen LogP contribution in [-0.2, 0) is 0 Å². The van der Waals surface area contributed by atoms with Crippen molar-refractivity contribution < 1.29 is 13.9 Å². The Labute approximate surface area is 116 Å². The molecule has 3 nitrogen and oxygen atoms in total. The zero-order valence-corrected chi connectivity index (χ0v) is 10.9. The van der Waals surface area contributed by atoms with E-state index in [9.17, 15) is 9.18 Å². The Morgan fingerprint density at radius 1 is 1.25 bits per heavy atom. The molecular formula is C16H12FNO2. The lowest BCUT2D eigenvalue weighted by Crippen LogP contribution is -2.12. The summed E-state index contributed by atoms with van der Waals surface area (Å²) in [7, 11) is 0. The average molecular weight is 269 g/mol. The summed E-state index contributed by atoms with van der Waals surface area (Å²) in [5, 5.41) is 8.68. The molecule has 20 heavy (non-hydrogen) atoms. The third kappa shape index (κ3) is 3.21. The second-order valence-corrected chi connectivity index (χ2v) is 4.31. The molecule has 0 aromatic heterocycles. The van der Waals surface area contributed by atoms with Crippen LogP contribution in [0.5, 0.6) is 5.75 Å². The highest BCUT2D eigenvalue weighted by atomic mass is 19.1. The van der Waals surface area contributed by atoms with Gasteiger partial charge in [-0.15, -0.1) is 0 Å². The summed E-state index contributed by atoms with van der Waals surface area (Å²) in [6, 6.07) is 12.4. The molecule has 0 fully saturated rings. The predicted molar refractivity (Wildman–Crippen MR) is 72.1 cm³/mol. The third-order valence-corrected chi connectivity index (χ3v) is 2.83.